The number of hydrogen-bond donors (Lipinski definition) is 0. The average molecular weight is 163 g/mol. The van der Waals surface area contributed by atoms with Crippen LogP contribution in [0.1, 0.15) is 26.2 Å². The van der Waals surface area contributed by atoms with Crippen molar-refractivity contribution in [3.63, 3.8) is 0 Å². The van der Waals surface area contributed by atoms with E-state index in [2.05, 4.69) is 6.92 Å². The highest BCUT2D eigenvalue weighted by Crippen LogP contribution is 2.20. The van der Waals surface area contributed by atoms with Gasteiger partial charge in [-0.25, -0.2) is 8.78 Å². The van der Waals surface area contributed by atoms with Crippen molar-refractivity contribution in [1.29, 1.82) is 0 Å². The highest BCUT2D eigenvalue weighted by molar-refractivity contribution is 4.77. The van der Waals surface area contributed by atoms with E-state index in [4.69, 9.17) is 0 Å². The van der Waals surface area contributed by atoms with Crippen LogP contribution in [-0.4, -0.2) is 30.5 Å². The molecule has 0 aromatic carbocycles. The molecule has 0 aromatic heterocycles. The highest BCUT2D eigenvalue weighted by atomic mass is 19.3. The Bertz CT molecular complexity index is 117. The van der Waals surface area contributed by atoms with E-state index in [1.807, 2.05) is 4.90 Å². The lowest BCUT2D eigenvalue weighted by Crippen LogP contribution is -2.33. The molecule has 0 saturated carbocycles. The van der Waals surface area contributed by atoms with Crippen LogP contribution in [-0.2, 0) is 0 Å². The van der Waals surface area contributed by atoms with Gasteiger partial charge >= 0.3 is 0 Å². The predicted octanol–water partition coefficient (Wildman–Crippen LogP) is 2.13. The van der Waals surface area contributed by atoms with E-state index in [9.17, 15) is 8.78 Å². The molecule has 0 aliphatic carbocycles. The van der Waals surface area contributed by atoms with Crippen LogP contribution in [0, 0.1) is 0 Å². The zero-order valence-corrected chi connectivity index (χ0v) is 6.89. The first-order valence-corrected chi connectivity index (χ1v) is 4.26. The van der Waals surface area contributed by atoms with Gasteiger partial charge in [-0.2, -0.15) is 0 Å². The topological polar surface area (TPSA) is 3.24 Å². The molecule has 0 N–H and O–H groups in total. The maximum Gasteiger partial charge on any atom is 0.251 e. The first kappa shape index (κ1) is 8.91. The molecule has 0 amide bonds. The van der Waals surface area contributed by atoms with Crippen molar-refractivity contribution in [3.05, 3.63) is 0 Å². The molecule has 1 fully saturated rings. The van der Waals surface area contributed by atoms with Crippen LogP contribution in [0.3, 0.4) is 0 Å². The van der Waals surface area contributed by atoms with E-state index < -0.39 is 6.43 Å². The van der Waals surface area contributed by atoms with E-state index in [0.29, 0.717) is 6.04 Å². The molecule has 0 spiro atoms. The number of hydrogen-bond acceptors (Lipinski definition) is 1. The second-order valence-electron chi connectivity index (χ2n) is 3.09. The minimum absolute atomic E-state index is 0.0293. The summed E-state index contributed by atoms with van der Waals surface area (Å²) in [6.07, 6.45) is 1.03. The summed E-state index contributed by atoms with van der Waals surface area (Å²) in [5, 5.41) is 0. The molecule has 66 valence electrons. The summed E-state index contributed by atoms with van der Waals surface area (Å²) >= 11 is 0. The van der Waals surface area contributed by atoms with E-state index in [-0.39, 0.29) is 6.54 Å². The predicted molar refractivity (Wildman–Crippen MR) is 40.9 cm³/mol. The van der Waals surface area contributed by atoms with Gasteiger partial charge in [0.05, 0.1) is 6.54 Å². The molecule has 1 atom stereocenters. The summed E-state index contributed by atoms with van der Waals surface area (Å²) < 4.78 is 23.9. The Morgan fingerprint density at radius 3 is 2.82 bits per heavy atom. The molecule has 1 aliphatic heterocycles. The van der Waals surface area contributed by atoms with Gasteiger partial charge in [-0.1, -0.05) is 6.92 Å². The van der Waals surface area contributed by atoms with Crippen LogP contribution < -0.4 is 0 Å². The molecule has 0 aromatic rings. The van der Waals surface area contributed by atoms with Crippen molar-refractivity contribution in [1.82, 2.24) is 4.90 Å². The van der Waals surface area contributed by atoms with Crippen LogP contribution >= 0.6 is 0 Å². The van der Waals surface area contributed by atoms with Crippen molar-refractivity contribution in [3.8, 4) is 0 Å². The van der Waals surface area contributed by atoms with Crippen LogP contribution in [0.25, 0.3) is 0 Å². The number of halogens is 2. The molecule has 3 heteroatoms. The summed E-state index contributed by atoms with van der Waals surface area (Å²) in [4.78, 5) is 1.91. The minimum Gasteiger partial charge on any atom is -0.295 e. The van der Waals surface area contributed by atoms with Crippen LogP contribution in [0.5, 0.6) is 0 Å². The van der Waals surface area contributed by atoms with Crippen LogP contribution in [0.2, 0.25) is 0 Å². The standard InChI is InChI=1S/C8H15F2N/c1-2-7-4-3-5-11(7)6-8(9)10/h7-8H,2-6H2,1H3/t7-/m0/s1. The van der Waals surface area contributed by atoms with Crippen molar-refractivity contribution >= 4 is 0 Å². The summed E-state index contributed by atoms with van der Waals surface area (Å²) in [6.45, 7) is 2.90. The van der Waals surface area contributed by atoms with Gasteiger partial charge in [-0.15, -0.1) is 0 Å². The number of rotatable bonds is 3. The fraction of sp³-hybridized carbons (Fsp3) is 1.00. The van der Waals surface area contributed by atoms with Gasteiger partial charge in [0.2, 0.25) is 0 Å². The number of alkyl halides is 2. The summed E-state index contributed by atoms with van der Waals surface area (Å²) in [7, 11) is 0. The summed E-state index contributed by atoms with van der Waals surface area (Å²) in [5.74, 6) is 0. The molecular formula is C8H15F2N. The van der Waals surface area contributed by atoms with Crippen molar-refractivity contribution in [2.45, 2.75) is 38.7 Å². The molecule has 1 aliphatic rings. The third-order valence-corrected chi connectivity index (χ3v) is 2.34. The van der Waals surface area contributed by atoms with Gasteiger partial charge in [0.25, 0.3) is 6.43 Å². The van der Waals surface area contributed by atoms with Gasteiger partial charge in [0, 0.05) is 6.04 Å². The Labute approximate surface area is 66.4 Å². The molecule has 0 bridgehead atoms. The Morgan fingerprint density at radius 1 is 1.55 bits per heavy atom. The quantitative estimate of drug-likeness (QED) is 0.616. The normalized spacial score (nSPS) is 26.7. The van der Waals surface area contributed by atoms with E-state index in [0.717, 1.165) is 25.8 Å². The fourth-order valence-corrected chi connectivity index (χ4v) is 1.78. The van der Waals surface area contributed by atoms with Crippen LogP contribution in [0.4, 0.5) is 8.78 Å². The second-order valence-corrected chi connectivity index (χ2v) is 3.09. The molecule has 0 radical (unpaired) electrons. The number of nitrogens with zero attached hydrogens (tertiary/aromatic N) is 1. The van der Waals surface area contributed by atoms with Crippen molar-refractivity contribution in [2.75, 3.05) is 13.1 Å². The molecule has 1 rings (SSSR count). The third kappa shape index (κ3) is 2.40. The molecule has 1 saturated heterocycles. The van der Waals surface area contributed by atoms with Crippen LogP contribution in [0.15, 0.2) is 0 Å². The number of likely N-dealkylation sites (tertiary alicyclic amines) is 1. The van der Waals surface area contributed by atoms with Gasteiger partial charge in [-0.05, 0) is 25.8 Å². The zero-order chi connectivity index (χ0) is 8.27. The maximum atomic E-state index is 12.0. The Balaban J connectivity index is 2.31. The summed E-state index contributed by atoms with van der Waals surface area (Å²) in [6, 6.07) is 0.420. The lowest BCUT2D eigenvalue weighted by Gasteiger charge is -2.22. The second kappa shape index (κ2) is 4.00. The largest absolute Gasteiger partial charge is 0.295 e. The third-order valence-electron chi connectivity index (χ3n) is 2.34. The van der Waals surface area contributed by atoms with Gasteiger partial charge < -0.3 is 0 Å². The smallest absolute Gasteiger partial charge is 0.251 e. The lowest BCUT2D eigenvalue weighted by molar-refractivity contribution is 0.0815. The minimum atomic E-state index is -2.16. The first-order valence-electron chi connectivity index (χ1n) is 4.26. The van der Waals surface area contributed by atoms with E-state index in [1.54, 1.807) is 0 Å². The maximum absolute atomic E-state index is 12.0. The van der Waals surface area contributed by atoms with Gasteiger partial charge in [0.1, 0.15) is 0 Å². The monoisotopic (exact) mass is 163 g/mol. The van der Waals surface area contributed by atoms with Gasteiger partial charge in [0.15, 0.2) is 0 Å². The molecular weight excluding hydrogens is 148 g/mol. The Kier molecular flexibility index (Phi) is 3.24. The molecule has 1 nitrogen and oxygen atoms in total. The lowest BCUT2D eigenvalue weighted by atomic mass is 10.2. The molecule has 11 heavy (non-hydrogen) atoms. The van der Waals surface area contributed by atoms with Gasteiger partial charge in [-0.3, -0.25) is 4.90 Å². The highest BCUT2D eigenvalue weighted by Gasteiger charge is 2.24. The summed E-state index contributed by atoms with van der Waals surface area (Å²) in [5.41, 5.74) is 0. The van der Waals surface area contributed by atoms with Crippen molar-refractivity contribution < 1.29 is 8.78 Å². The molecule has 1 heterocycles. The Morgan fingerprint density at radius 2 is 2.27 bits per heavy atom. The Hall–Kier alpha value is -0.180. The SMILES string of the molecule is CC[C@H]1CCCN1CC(F)F. The zero-order valence-electron chi connectivity index (χ0n) is 6.89. The average Bonchev–Trinajstić information content (AvgIpc) is 2.34. The first-order chi connectivity index (χ1) is 5.24. The fourth-order valence-electron chi connectivity index (χ4n) is 1.78. The molecule has 0 unspecified atom stereocenters. The van der Waals surface area contributed by atoms with E-state index >= 15 is 0 Å². The van der Waals surface area contributed by atoms with Crippen molar-refractivity contribution in [2.24, 2.45) is 0 Å². The van der Waals surface area contributed by atoms with E-state index in [1.165, 1.54) is 0 Å².